The number of rotatable bonds is 10. The molecule has 0 radical (unpaired) electrons. The summed E-state index contributed by atoms with van der Waals surface area (Å²) in [5.74, 6) is -6.91. The van der Waals surface area contributed by atoms with Gasteiger partial charge in [0.15, 0.2) is 0 Å². The maximum absolute atomic E-state index is 13.3. The van der Waals surface area contributed by atoms with Crippen LogP contribution < -0.4 is 5.32 Å². The van der Waals surface area contributed by atoms with Crippen molar-refractivity contribution >= 4 is 13.5 Å². The van der Waals surface area contributed by atoms with Crippen LogP contribution in [-0.4, -0.2) is 36.8 Å². The molecule has 0 fully saturated rings. The fraction of sp³-hybridized carbons (Fsp3) is 0.938. The minimum atomic E-state index is -5.86. The van der Waals surface area contributed by atoms with Crippen LogP contribution in [0.4, 0.5) is 26.3 Å². The minimum Gasteiger partial charge on any atom is -0.339 e. The van der Waals surface area contributed by atoms with Gasteiger partial charge in [0.05, 0.1) is 13.2 Å². The van der Waals surface area contributed by atoms with Gasteiger partial charge in [0.25, 0.3) is 0 Å². The van der Waals surface area contributed by atoms with E-state index in [0.29, 0.717) is 0 Å². The molecule has 0 aromatic rings. The quantitative estimate of drug-likeness (QED) is 0.357. The van der Waals surface area contributed by atoms with Crippen LogP contribution in [0.3, 0.4) is 0 Å². The largest absolute Gasteiger partial charge is 0.409 e. The third-order valence-corrected chi connectivity index (χ3v) is 6.37. The van der Waals surface area contributed by atoms with Gasteiger partial charge in [-0.25, -0.2) is 0 Å². The van der Waals surface area contributed by atoms with Gasteiger partial charge in [-0.2, -0.15) is 26.3 Å². The van der Waals surface area contributed by atoms with Crippen molar-refractivity contribution in [2.45, 2.75) is 65.6 Å². The van der Waals surface area contributed by atoms with E-state index in [2.05, 4.69) is 0 Å². The van der Waals surface area contributed by atoms with Crippen molar-refractivity contribution in [1.82, 2.24) is 5.32 Å². The number of alkyl halides is 6. The number of amides is 1. The van der Waals surface area contributed by atoms with Crippen molar-refractivity contribution in [3.05, 3.63) is 0 Å². The van der Waals surface area contributed by atoms with E-state index in [4.69, 9.17) is 9.05 Å². The average molecular weight is 443 g/mol. The van der Waals surface area contributed by atoms with Crippen molar-refractivity contribution in [2.75, 3.05) is 13.2 Å². The van der Waals surface area contributed by atoms with Gasteiger partial charge < -0.3 is 14.4 Å². The first-order chi connectivity index (χ1) is 12.4. The molecule has 1 atom stereocenters. The van der Waals surface area contributed by atoms with Crippen LogP contribution in [0, 0.1) is 17.8 Å². The summed E-state index contributed by atoms with van der Waals surface area (Å²) in [7, 11) is -4.31. The van der Waals surface area contributed by atoms with Gasteiger partial charge in [0, 0.05) is 0 Å². The van der Waals surface area contributed by atoms with Crippen LogP contribution in [0.2, 0.25) is 0 Å². The van der Waals surface area contributed by atoms with Gasteiger partial charge in [0.2, 0.25) is 11.8 Å². The molecule has 0 aliphatic heterocycles. The summed E-state index contributed by atoms with van der Waals surface area (Å²) >= 11 is 0. The van der Waals surface area contributed by atoms with Crippen LogP contribution in [0.1, 0.15) is 48.0 Å². The summed E-state index contributed by atoms with van der Waals surface area (Å²) in [6.07, 6.45) is -12.0. The lowest BCUT2D eigenvalue weighted by atomic mass is 10.1. The maximum atomic E-state index is 13.3. The van der Waals surface area contributed by atoms with Gasteiger partial charge in [-0.05, 0) is 25.2 Å². The zero-order valence-corrected chi connectivity index (χ0v) is 17.6. The number of hydrogen-bond donors (Lipinski definition) is 1. The highest BCUT2D eigenvalue weighted by molar-refractivity contribution is 7.55. The predicted molar refractivity (Wildman–Crippen MR) is 91.6 cm³/mol. The van der Waals surface area contributed by atoms with Crippen molar-refractivity contribution in [3.63, 3.8) is 0 Å². The highest BCUT2D eigenvalue weighted by Gasteiger charge is 2.62. The van der Waals surface area contributed by atoms with Crippen LogP contribution in [0.5, 0.6) is 0 Å². The molecule has 0 aliphatic rings. The van der Waals surface area contributed by atoms with Crippen molar-refractivity contribution in [3.8, 4) is 0 Å². The van der Waals surface area contributed by atoms with Gasteiger partial charge in [-0.3, -0.25) is 9.36 Å². The Labute approximate surface area is 161 Å². The van der Waals surface area contributed by atoms with E-state index in [1.807, 2.05) is 0 Å². The molecule has 0 saturated carbocycles. The third-order valence-electron chi connectivity index (χ3n) is 3.76. The molecule has 0 aliphatic carbocycles. The lowest BCUT2D eigenvalue weighted by Gasteiger charge is -2.38. The molecule has 0 aromatic carbocycles. The van der Waals surface area contributed by atoms with E-state index in [0.717, 1.165) is 6.92 Å². The summed E-state index contributed by atoms with van der Waals surface area (Å²) in [5, 5.41) is -0.428. The molecule has 1 amide bonds. The second kappa shape index (κ2) is 9.80. The summed E-state index contributed by atoms with van der Waals surface area (Å²) in [6, 6.07) is 0. The Bertz CT molecular complexity index is 534. The first-order valence-electron chi connectivity index (χ1n) is 8.74. The number of nitrogens with one attached hydrogen (secondary N) is 1. The topological polar surface area (TPSA) is 64.6 Å². The van der Waals surface area contributed by atoms with Crippen molar-refractivity contribution < 1.29 is 44.7 Å². The Morgan fingerprint density at radius 3 is 1.54 bits per heavy atom. The molecular formula is C16H28F6NO4P. The van der Waals surface area contributed by atoms with Crippen molar-refractivity contribution in [2.24, 2.45) is 17.8 Å². The SMILES string of the molecule is CCC(C)(NC(=O)C(C(F)(F)F)C(F)(F)F)P(=O)(OCC(C)C)OCC(C)C. The number of carbonyl (C=O) groups excluding carboxylic acids is 1. The zero-order chi connectivity index (χ0) is 22.6. The fourth-order valence-electron chi connectivity index (χ4n) is 1.99. The molecule has 5 nitrogen and oxygen atoms in total. The normalized spacial score (nSPS) is 16.0. The van der Waals surface area contributed by atoms with E-state index >= 15 is 0 Å². The van der Waals surface area contributed by atoms with Gasteiger partial charge in [-0.1, -0.05) is 34.6 Å². The maximum Gasteiger partial charge on any atom is 0.409 e. The second-order valence-electron chi connectivity index (χ2n) is 7.51. The van der Waals surface area contributed by atoms with E-state index in [1.165, 1.54) is 6.92 Å². The van der Waals surface area contributed by atoms with Crippen LogP contribution in [0.15, 0.2) is 0 Å². The van der Waals surface area contributed by atoms with E-state index in [9.17, 15) is 35.7 Å². The summed E-state index contributed by atoms with van der Waals surface area (Å²) < 4.78 is 101. The first-order valence-corrected chi connectivity index (χ1v) is 10.3. The highest BCUT2D eigenvalue weighted by Crippen LogP contribution is 2.60. The molecular weight excluding hydrogens is 415 g/mol. The highest BCUT2D eigenvalue weighted by atomic mass is 31.2. The van der Waals surface area contributed by atoms with Crippen molar-refractivity contribution in [1.29, 1.82) is 0 Å². The molecule has 0 rings (SSSR count). The molecule has 0 heterocycles. The van der Waals surface area contributed by atoms with Crippen LogP contribution in [-0.2, 0) is 18.4 Å². The van der Waals surface area contributed by atoms with Gasteiger partial charge >= 0.3 is 19.9 Å². The fourth-order valence-corrected chi connectivity index (χ4v) is 4.26. The second-order valence-corrected chi connectivity index (χ2v) is 10.0. The number of hydrogen-bond acceptors (Lipinski definition) is 4. The summed E-state index contributed by atoms with van der Waals surface area (Å²) in [6.45, 7) is 8.98. The molecule has 1 N–H and O–H groups in total. The molecule has 0 saturated heterocycles. The molecule has 168 valence electrons. The lowest BCUT2D eigenvalue weighted by Crippen LogP contribution is -2.55. The first kappa shape index (κ1) is 27.2. The predicted octanol–water partition coefficient (Wildman–Crippen LogP) is 5.51. The van der Waals surface area contributed by atoms with Gasteiger partial charge in [-0.15, -0.1) is 0 Å². The van der Waals surface area contributed by atoms with E-state index < -0.39 is 37.1 Å². The van der Waals surface area contributed by atoms with E-state index in [-0.39, 0.29) is 31.5 Å². The Hall–Kier alpha value is -0.800. The number of carbonyl (C=O) groups is 1. The molecule has 0 bridgehead atoms. The third kappa shape index (κ3) is 7.55. The monoisotopic (exact) mass is 443 g/mol. The molecule has 12 heteroatoms. The molecule has 28 heavy (non-hydrogen) atoms. The summed E-state index contributed by atoms with van der Waals surface area (Å²) in [5.41, 5.74) is 0. The van der Waals surface area contributed by atoms with Crippen LogP contribution >= 0.6 is 7.60 Å². The minimum absolute atomic E-state index is 0.122. The smallest absolute Gasteiger partial charge is 0.339 e. The molecule has 0 spiro atoms. The Balaban J connectivity index is 5.93. The average Bonchev–Trinajstić information content (AvgIpc) is 2.47. The standard InChI is InChI=1S/C16H28F6NO4P/c1-7-14(6,23-13(24)12(15(17,18)19)16(20,21)22)28(25,26-8-10(2)3)27-9-11(4)5/h10-12H,7-9H2,1-6H3,(H,23,24). The Morgan fingerprint density at radius 2 is 1.29 bits per heavy atom. The van der Waals surface area contributed by atoms with E-state index in [1.54, 1.807) is 33.0 Å². The molecule has 0 aromatic heterocycles. The summed E-state index contributed by atoms with van der Waals surface area (Å²) in [4.78, 5) is 12.0. The molecule has 1 unspecified atom stereocenters. The Morgan fingerprint density at radius 1 is 0.929 bits per heavy atom. The zero-order valence-electron chi connectivity index (χ0n) is 16.7. The number of halogens is 6. The van der Waals surface area contributed by atoms with Gasteiger partial charge in [0.1, 0.15) is 5.28 Å². The van der Waals surface area contributed by atoms with Crippen LogP contribution in [0.25, 0.3) is 0 Å². The lowest BCUT2D eigenvalue weighted by molar-refractivity contribution is -0.274. The Kier molecular flexibility index (Phi) is 9.52.